The van der Waals surface area contributed by atoms with Crippen LogP contribution in [0, 0.1) is 0 Å². The summed E-state index contributed by atoms with van der Waals surface area (Å²) in [5.41, 5.74) is 0.980. The van der Waals surface area contributed by atoms with Gasteiger partial charge in [0.2, 0.25) is 0 Å². The first-order valence-electron chi connectivity index (χ1n) is 4.31. The maximum atomic E-state index is 6.01. The van der Waals surface area contributed by atoms with Crippen molar-refractivity contribution in [2.24, 2.45) is 0 Å². The van der Waals surface area contributed by atoms with Crippen LogP contribution >= 0.6 is 11.6 Å². The number of aromatic nitrogens is 2. The number of nitrogens with zero attached hydrogens (tertiary/aromatic N) is 2. The number of pyridine rings is 1. The van der Waals surface area contributed by atoms with Crippen LogP contribution < -0.4 is 0 Å². The van der Waals surface area contributed by atoms with Crippen molar-refractivity contribution in [1.29, 1.82) is 0 Å². The highest BCUT2D eigenvalue weighted by atomic mass is 35.5. The van der Waals surface area contributed by atoms with Crippen LogP contribution in [0.3, 0.4) is 0 Å². The van der Waals surface area contributed by atoms with Crippen molar-refractivity contribution in [3.05, 3.63) is 35.4 Å². The first kappa shape index (κ1) is 8.57. The van der Waals surface area contributed by atoms with Crippen molar-refractivity contribution in [2.45, 2.75) is 19.8 Å². The van der Waals surface area contributed by atoms with Crippen molar-refractivity contribution in [2.75, 3.05) is 0 Å². The van der Waals surface area contributed by atoms with Crippen molar-refractivity contribution in [3.8, 4) is 0 Å². The lowest BCUT2D eigenvalue weighted by atomic mass is 10.2. The minimum Gasteiger partial charge on any atom is -0.302 e. The van der Waals surface area contributed by atoms with E-state index in [0.717, 1.165) is 16.4 Å². The van der Waals surface area contributed by atoms with Crippen molar-refractivity contribution >= 4 is 17.1 Å². The van der Waals surface area contributed by atoms with E-state index >= 15 is 0 Å². The average molecular weight is 195 g/mol. The Morgan fingerprint density at radius 1 is 1.46 bits per heavy atom. The standard InChI is InChI=1S/C10H11ClN2/c1-7(2)10-12-6-9-8(11)4-3-5-13(9)10/h3-7H,1-2H3. The summed E-state index contributed by atoms with van der Waals surface area (Å²) in [5, 5.41) is 0.752. The van der Waals surface area contributed by atoms with Crippen LogP contribution in [0.25, 0.3) is 5.52 Å². The first-order chi connectivity index (χ1) is 6.20. The molecule has 0 aliphatic carbocycles. The Morgan fingerprint density at radius 2 is 2.23 bits per heavy atom. The highest BCUT2D eigenvalue weighted by Crippen LogP contribution is 2.21. The molecule has 2 nitrogen and oxygen atoms in total. The maximum Gasteiger partial charge on any atom is 0.115 e. The van der Waals surface area contributed by atoms with Gasteiger partial charge in [0.25, 0.3) is 0 Å². The van der Waals surface area contributed by atoms with Gasteiger partial charge >= 0.3 is 0 Å². The number of imidazole rings is 1. The third kappa shape index (κ3) is 1.31. The zero-order valence-corrected chi connectivity index (χ0v) is 8.42. The zero-order chi connectivity index (χ0) is 9.42. The van der Waals surface area contributed by atoms with E-state index in [1.165, 1.54) is 0 Å². The van der Waals surface area contributed by atoms with E-state index in [9.17, 15) is 0 Å². The molecule has 3 heteroatoms. The molecule has 0 atom stereocenters. The fourth-order valence-corrected chi connectivity index (χ4v) is 1.65. The van der Waals surface area contributed by atoms with Gasteiger partial charge in [0, 0.05) is 12.1 Å². The Hall–Kier alpha value is -1.02. The molecule has 0 aliphatic heterocycles. The molecule has 0 amide bonds. The smallest absolute Gasteiger partial charge is 0.115 e. The van der Waals surface area contributed by atoms with Gasteiger partial charge in [0.15, 0.2) is 0 Å². The summed E-state index contributed by atoms with van der Waals surface area (Å²) in [6.07, 6.45) is 3.81. The largest absolute Gasteiger partial charge is 0.302 e. The predicted molar refractivity (Wildman–Crippen MR) is 54.3 cm³/mol. The number of rotatable bonds is 1. The fourth-order valence-electron chi connectivity index (χ4n) is 1.43. The summed E-state index contributed by atoms with van der Waals surface area (Å²) in [4.78, 5) is 4.33. The summed E-state index contributed by atoms with van der Waals surface area (Å²) in [7, 11) is 0. The Labute approximate surface area is 82.2 Å². The number of hydrogen-bond acceptors (Lipinski definition) is 1. The van der Waals surface area contributed by atoms with E-state index in [4.69, 9.17) is 11.6 Å². The average Bonchev–Trinajstić information content (AvgIpc) is 2.48. The molecule has 0 saturated heterocycles. The molecule has 0 saturated carbocycles. The number of fused-ring (bicyclic) bond motifs is 1. The van der Waals surface area contributed by atoms with Crippen LogP contribution in [-0.4, -0.2) is 9.38 Å². The molecule has 0 aliphatic rings. The van der Waals surface area contributed by atoms with Crippen molar-refractivity contribution < 1.29 is 0 Å². The normalized spacial score (nSPS) is 11.4. The topological polar surface area (TPSA) is 17.3 Å². The minimum absolute atomic E-state index is 0.418. The quantitative estimate of drug-likeness (QED) is 0.682. The highest BCUT2D eigenvalue weighted by molar-refractivity contribution is 6.33. The van der Waals surface area contributed by atoms with Gasteiger partial charge in [-0.2, -0.15) is 0 Å². The Kier molecular flexibility index (Phi) is 2.00. The Balaban J connectivity index is 2.75. The van der Waals surface area contributed by atoms with Crippen LogP contribution in [0.1, 0.15) is 25.6 Å². The molecular formula is C10H11ClN2. The van der Waals surface area contributed by atoms with Gasteiger partial charge < -0.3 is 4.40 Å². The lowest BCUT2D eigenvalue weighted by Crippen LogP contribution is -1.96. The van der Waals surface area contributed by atoms with Crippen LogP contribution in [0.4, 0.5) is 0 Å². The van der Waals surface area contributed by atoms with E-state index < -0.39 is 0 Å². The molecule has 2 rings (SSSR count). The van der Waals surface area contributed by atoms with Crippen LogP contribution in [0.5, 0.6) is 0 Å². The predicted octanol–water partition coefficient (Wildman–Crippen LogP) is 3.11. The molecule has 0 aromatic carbocycles. The molecule has 68 valence electrons. The lowest BCUT2D eigenvalue weighted by molar-refractivity contribution is 0.770. The third-order valence-electron chi connectivity index (χ3n) is 2.06. The van der Waals surface area contributed by atoms with E-state index in [1.807, 2.05) is 28.9 Å². The van der Waals surface area contributed by atoms with E-state index in [2.05, 4.69) is 18.8 Å². The monoisotopic (exact) mass is 194 g/mol. The molecular weight excluding hydrogens is 184 g/mol. The molecule has 2 aromatic heterocycles. The fraction of sp³-hybridized carbons (Fsp3) is 0.300. The van der Waals surface area contributed by atoms with Crippen molar-refractivity contribution in [3.63, 3.8) is 0 Å². The second kappa shape index (κ2) is 3.04. The summed E-state index contributed by atoms with van der Waals surface area (Å²) in [6, 6.07) is 3.81. The zero-order valence-electron chi connectivity index (χ0n) is 7.66. The van der Waals surface area contributed by atoms with Gasteiger partial charge in [0.1, 0.15) is 5.82 Å². The Bertz CT molecular complexity index is 431. The van der Waals surface area contributed by atoms with E-state index in [-0.39, 0.29) is 0 Å². The molecule has 0 N–H and O–H groups in total. The van der Waals surface area contributed by atoms with Gasteiger partial charge in [-0.25, -0.2) is 4.98 Å². The second-order valence-electron chi connectivity index (χ2n) is 3.38. The molecule has 0 fully saturated rings. The van der Waals surface area contributed by atoms with Gasteiger partial charge in [0.05, 0.1) is 16.7 Å². The molecule has 2 heterocycles. The summed E-state index contributed by atoms with van der Waals surface area (Å²) >= 11 is 6.01. The maximum absolute atomic E-state index is 6.01. The second-order valence-corrected chi connectivity index (χ2v) is 3.79. The Morgan fingerprint density at radius 3 is 2.92 bits per heavy atom. The molecule has 0 unspecified atom stereocenters. The number of halogens is 1. The van der Waals surface area contributed by atoms with Crippen LogP contribution in [-0.2, 0) is 0 Å². The summed E-state index contributed by atoms with van der Waals surface area (Å²) in [6.45, 7) is 4.24. The van der Waals surface area contributed by atoms with Crippen LogP contribution in [0.2, 0.25) is 5.02 Å². The third-order valence-corrected chi connectivity index (χ3v) is 2.38. The SMILES string of the molecule is CC(C)c1ncc2c(Cl)cccn12. The highest BCUT2D eigenvalue weighted by Gasteiger charge is 2.08. The summed E-state index contributed by atoms with van der Waals surface area (Å²) in [5.74, 6) is 1.47. The molecule has 0 radical (unpaired) electrons. The van der Waals surface area contributed by atoms with Gasteiger partial charge in [-0.3, -0.25) is 0 Å². The summed E-state index contributed by atoms with van der Waals surface area (Å²) < 4.78 is 2.03. The number of hydrogen-bond donors (Lipinski definition) is 0. The molecule has 0 spiro atoms. The van der Waals surface area contributed by atoms with E-state index in [1.54, 1.807) is 0 Å². The van der Waals surface area contributed by atoms with Crippen molar-refractivity contribution in [1.82, 2.24) is 9.38 Å². The molecule has 13 heavy (non-hydrogen) atoms. The van der Waals surface area contributed by atoms with Crippen LogP contribution in [0.15, 0.2) is 24.5 Å². The first-order valence-corrected chi connectivity index (χ1v) is 4.69. The minimum atomic E-state index is 0.418. The van der Waals surface area contributed by atoms with E-state index in [0.29, 0.717) is 5.92 Å². The molecule has 2 aromatic rings. The molecule has 0 bridgehead atoms. The van der Waals surface area contributed by atoms with Gasteiger partial charge in [-0.05, 0) is 12.1 Å². The van der Waals surface area contributed by atoms with Gasteiger partial charge in [-0.15, -0.1) is 0 Å². The van der Waals surface area contributed by atoms with Gasteiger partial charge in [-0.1, -0.05) is 25.4 Å². The lowest BCUT2D eigenvalue weighted by Gasteiger charge is -2.03.